The molecule has 7 heteroatoms. The van der Waals surface area contributed by atoms with Crippen molar-refractivity contribution in [3.05, 3.63) is 47.1 Å². The Morgan fingerprint density at radius 1 is 1.14 bits per heavy atom. The number of carbonyl (C=O) groups is 1. The van der Waals surface area contributed by atoms with Crippen LogP contribution in [0, 0.1) is 13.8 Å². The van der Waals surface area contributed by atoms with Gasteiger partial charge < -0.3 is 14.2 Å². The zero-order valence-electron chi connectivity index (χ0n) is 16.7. The lowest BCUT2D eigenvalue weighted by atomic mass is 9.90. The summed E-state index contributed by atoms with van der Waals surface area (Å²) in [5, 5.41) is 3.97. The third-order valence-electron chi connectivity index (χ3n) is 5.68. The topological polar surface area (TPSA) is 71.7 Å². The Hall–Kier alpha value is -2.25. The summed E-state index contributed by atoms with van der Waals surface area (Å²) in [7, 11) is 0. The highest BCUT2D eigenvalue weighted by atomic mass is 16.5. The van der Waals surface area contributed by atoms with Crippen LogP contribution in [0.5, 0.6) is 0 Å². The molecular formula is C21H28N4O3. The van der Waals surface area contributed by atoms with E-state index in [4.69, 9.17) is 9.26 Å². The van der Waals surface area contributed by atoms with Gasteiger partial charge in [0.15, 0.2) is 5.76 Å². The summed E-state index contributed by atoms with van der Waals surface area (Å²) in [5.41, 5.74) is 2.56. The predicted octanol–water partition coefficient (Wildman–Crippen LogP) is 2.47. The Balaban J connectivity index is 1.40. The van der Waals surface area contributed by atoms with Crippen molar-refractivity contribution in [1.29, 1.82) is 0 Å². The molecule has 2 aromatic heterocycles. The van der Waals surface area contributed by atoms with Crippen LogP contribution < -0.4 is 0 Å². The minimum Gasteiger partial charge on any atom is -0.373 e. The first-order valence-corrected chi connectivity index (χ1v) is 10.0. The first kappa shape index (κ1) is 19.1. The summed E-state index contributed by atoms with van der Waals surface area (Å²) in [4.78, 5) is 21.5. The molecule has 150 valence electrons. The van der Waals surface area contributed by atoms with E-state index in [2.05, 4.69) is 15.0 Å². The summed E-state index contributed by atoms with van der Waals surface area (Å²) >= 11 is 0. The van der Waals surface area contributed by atoms with Crippen LogP contribution in [0.15, 0.2) is 28.8 Å². The average molecular weight is 384 g/mol. The molecule has 0 atom stereocenters. The van der Waals surface area contributed by atoms with Gasteiger partial charge in [-0.15, -0.1) is 0 Å². The van der Waals surface area contributed by atoms with Gasteiger partial charge in [0.25, 0.3) is 0 Å². The molecule has 0 aliphatic carbocycles. The van der Waals surface area contributed by atoms with Gasteiger partial charge in [-0.2, -0.15) is 0 Å². The second-order valence-corrected chi connectivity index (χ2v) is 8.01. The number of piperidine rings is 1. The lowest BCUT2D eigenvalue weighted by Crippen LogP contribution is -2.51. The standard InChI is InChI=1S/C21H28N4O3/c1-16-4-3-5-18(22-16)13-25-15-21(27-11-6-20(25)26)7-9-24(10-8-21)14-19-12-17(2)23-28-19/h3-5,12H,6-11,13-15H2,1-2H3. The zero-order valence-corrected chi connectivity index (χ0v) is 16.7. The number of pyridine rings is 1. The van der Waals surface area contributed by atoms with Gasteiger partial charge in [0, 0.05) is 24.8 Å². The highest BCUT2D eigenvalue weighted by molar-refractivity contribution is 5.76. The van der Waals surface area contributed by atoms with E-state index in [0.717, 1.165) is 55.3 Å². The smallest absolute Gasteiger partial charge is 0.225 e. The Bertz CT molecular complexity index is 827. The van der Waals surface area contributed by atoms with Gasteiger partial charge in [-0.1, -0.05) is 11.2 Å². The number of nitrogens with zero attached hydrogens (tertiary/aromatic N) is 4. The monoisotopic (exact) mass is 384 g/mol. The third-order valence-corrected chi connectivity index (χ3v) is 5.68. The van der Waals surface area contributed by atoms with Crippen LogP contribution in [-0.4, -0.2) is 57.7 Å². The van der Waals surface area contributed by atoms with E-state index in [1.54, 1.807) is 0 Å². The van der Waals surface area contributed by atoms with E-state index in [9.17, 15) is 4.79 Å². The summed E-state index contributed by atoms with van der Waals surface area (Å²) in [5.74, 6) is 1.05. The summed E-state index contributed by atoms with van der Waals surface area (Å²) < 4.78 is 11.6. The summed E-state index contributed by atoms with van der Waals surface area (Å²) in [6, 6.07) is 7.95. The lowest BCUT2D eigenvalue weighted by Gasteiger charge is -2.42. The largest absolute Gasteiger partial charge is 0.373 e. The van der Waals surface area contributed by atoms with Gasteiger partial charge in [-0.25, -0.2) is 0 Å². The van der Waals surface area contributed by atoms with Gasteiger partial charge in [0.2, 0.25) is 5.91 Å². The van der Waals surface area contributed by atoms with Crippen molar-refractivity contribution >= 4 is 5.91 Å². The Morgan fingerprint density at radius 3 is 2.68 bits per heavy atom. The van der Waals surface area contributed by atoms with Crippen molar-refractivity contribution in [2.24, 2.45) is 0 Å². The molecule has 0 saturated carbocycles. The minimum atomic E-state index is -0.260. The SMILES string of the molecule is Cc1cc(CN2CCC3(CC2)CN(Cc2cccc(C)n2)C(=O)CCO3)on1. The number of likely N-dealkylation sites (tertiary alicyclic amines) is 1. The fourth-order valence-electron chi connectivity index (χ4n) is 4.15. The quantitative estimate of drug-likeness (QED) is 0.806. The molecule has 2 saturated heterocycles. The van der Waals surface area contributed by atoms with Gasteiger partial charge in [0.1, 0.15) is 0 Å². The second kappa shape index (κ2) is 8.01. The van der Waals surface area contributed by atoms with E-state index < -0.39 is 0 Å². The molecule has 0 radical (unpaired) electrons. The fraction of sp³-hybridized carbons (Fsp3) is 0.571. The van der Waals surface area contributed by atoms with Gasteiger partial charge >= 0.3 is 0 Å². The molecule has 2 aliphatic rings. The maximum atomic E-state index is 12.6. The van der Waals surface area contributed by atoms with Crippen LogP contribution >= 0.6 is 0 Å². The third kappa shape index (κ3) is 4.42. The molecule has 2 aromatic rings. The van der Waals surface area contributed by atoms with Crippen LogP contribution in [-0.2, 0) is 22.6 Å². The number of rotatable bonds is 4. The van der Waals surface area contributed by atoms with Crippen LogP contribution in [0.4, 0.5) is 0 Å². The molecule has 2 aliphatic heterocycles. The summed E-state index contributed by atoms with van der Waals surface area (Å²) in [6.45, 7) is 8.21. The molecule has 4 rings (SSSR count). The Labute approximate surface area is 165 Å². The highest BCUT2D eigenvalue weighted by Gasteiger charge is 2.40. The van der Waals surface area contributed by atoms with Crippen LogP contribution in [0.25, 0.3) is 0 Å². The van der Waals surface area contributed by atoms with Crippen molar-refractivity contribution in [3.8, 4) is 0 Å². The van der Waals surface area contributed by atoms with Crippen LogP contribution in [0.1, 0.15) is 42.1 Å². The number of hydrogen-bond acceptors (Lipinski definition) is 6. The van der Waals surface area contributed by atoms with E-state index >= 15 is 0 Å². The lowest BCUT2D eigenvalue weighted by molar-refractivity contribution is -0.132. The van der Waals surface area contributed by atoms with Crippen molar-refractivity contribution < 1.29 is 14.1 Å². The zero-order chi connectivity index (χ0) is 19.6. The highest BCUT2D eigenvalue weighted by Crippen LogP contribution is 2.31. The van der Waals surface area contributed by atoms with E-state index in [1.807, 2.05) is 43.0 Å². The Kier molecular flexibility index (Phi) is 5.46. The molecule has 0 bridgehead atoms. The molecule has 0 unspecified atom stereocenters. The molecule has 1 amide bonds. The normalized spacial score (nSPS) is 20.5. The molecule has 1 spiro atoms. The van der Waals surface area contributed by atoms with Crippen molar-refractivity contribution in [2.45, 2.75) is 51.8 Å². The number of carbonyl (C=O) groups excluding carboxylic acids is 1. The molecule has 2 fully saturated rings. The number of amides is 1. The maximum Gasteiger partial charge on any atom is 0.225 e. The first-order chi connectivity index (χ1) is 13.5. The fourth-order valence-corrected chi connectivity index (χ4v) is 4.15. The van der Waals surface area contributed by atoms with Crippen molar-refractivity contribution in [3.63, 3.8) is 0 Å². The maximum absolute atomic E-state index is 12.6. The van der Waals surface area contributed by atoms with E-state index in [0.29, 0.717) is 26.1 Å². The first-order valence-electron chi connectivity index (χ1n) is 10.0. The number of ether oxygens (including phenoxy) is 1. The van der Waals surface area contributed by atoms with Gasteiger partial charge in [-0.3, -0.25) is 14.7 Å². The van der Waals surface area contributed by atoms with E-state index in [-0.39, 0.29) is 11.5 Å². The van der Waals surface area contributed by atoms with Crippen LogP contribution in [0.3, 0.4) is 0 Å². The Morgan fingerprint density at radius 2 is 1.96 bits per heavy atom. The average Bonchev–Trinajstić information content (AvgIpc) is 3.01. The molecule has 0 N–H and O–H groups in total. The summed E-state index contributed by atoms with van der Waals surface area (Å²) in [6.07, 6.45) is 2.25. The minimum absolute atomic E-state index is 0.153. The number of aromatic nitrogens is 2. The molecule has 4 heterocycles. The van der Waals surface area contributed by atoms with E-state index in [1.165, 1.54) is 0 Å². The van der Waals surface area contributed by atoms with Crippen molar-refractivity contribution in [1.82, 2.24) is 19.9 Å². The number of hydrogen-bond donors (Lipinski definition) is 0. The molecule has 28 heavy (non-hydrogen) atoms. The molecule has 7 nitrogen and oxygen atoms in total. The number of aryl methyl sites for hydroxylation is 2. The molecule has 0 aromatic carbocycles. The van der Waals surface area contributed by atoms with Gasteiger partial charge in [0.05, 0.1) is 49.7 Å². The van der Waals surface area contributed by atoms with Crippen molar-refractivity contribution in [2.75, 3.05) is 26.2 Å². The second-order valence-electron chi connectivity index (χ2n) is 8.01. The van der Waals surface area contributed by atoms with Crippen LogP contribution in [0.2, 0.25) is 0 Å². The van der Waals surface area contributed by atoms with Gasteiger partial charge in [-0.05, 0) is 38.8 Å². The predicted molar refractivity (Wildman–Crippen MR) is 103 cm³/mol. The molecular weight excluding hydrogens is 356 g/mol.